The zero-order valence-electron chi connectivity index (χ0n) is 15.3. The molecule has 1 aliphatic carbocycles. The first-order chi connectivity index (χ1) is 12.8. The van der Waals surface area contributed by atoms with Gasteiger partial charge in [0.05, 0.1) is 4.90 Å². The fraction of sp³-hybridized carbons (Fsp3) is 0.474. The molecular weight excluding hydrogens is 370 g/mol. The van der Waals surface area contributed by atoms with Crippen LogP contribution < -0.4 is 4.74 Å². The third-order valence-electron chi connectivity index (χ3n) is 4.67. The Morgan fingerprint density at radius 3 is 2.41 bits per heavy atom. The summed E-state index contributed by atoms with van der Waals surface area (Å²) in [5.41, 5.74) is 0. The summed E-state index contributed by atoms with van der Waals surface area (Å²) in [7, 11) is -2.73. The molecule has 27 heavy (non-hydrogen) atoms. The Morgan fingerprint density at radius 2 is 1.89 bits per heavy atom. The summed E-state index contributed by atoms with van der Waals surface area (Å²) in [5, 5.41) is 9.61. The molecule has 2 rings (SSSR count). The van der Waals surface area contributed by atoms with Crippen molar-refractivity contribution in [1.29, 1.82) is 0 Å². The molecule has 0 amide bonds. The van der Waals surface area contributed by atoms with Crippen LogP contribution in [-0.4, -0.2) is 49.3 Å². The summed E-state index contributed by atoms with van der Waals surface area (Å²) in [6.45, 7) is 1.89. The van der Waals surface area contributed by atoms with E-state index < -0.39 is 28.0 Å². The number of ketones is 1. The number of carbonyl (C=O) groups excluding carboxylic acids is 1. The molecule has 1 N–H and O–H groups in total. The van der Waals surface area contributed by atoms with Crippen LogP contribution >= 0.6 is 0 Å². The van der Waals surface area contributed by atoms with Gasteiger partial charge in [-0.3, -0.25) is 9.59 Å². The standard InChI is InChI=1S/C19H23NO6S/c1-3-4-13-26-16-9-11-17(12-10-16)27(24,25)20(2)18(19(22)23)14-5-7-15(21)8-6-14/h9-12,14,18H,5-8,13H2,1-2H3,(H,22,23)/t18-/m1/s1. The number of carboxylic acids is 1. The molecule has 0 radical (unpaired) electrons. The Kier molecular flexibility index (Phi) is 6.99. The molecule has 7 nitrogen and oxygen atoms in total. The minimum absolute atomic E-state index is 0.0166. The lowest BCUT2D eigenvalue weighted by Gasteiger charge is -2.32. The average molecular weight is 393 g/mol. The maximum Gasteiger partial charge on any atom is 0.322 e. The van der Waals surface area contributed by atoms with Crippen LogP contribution in [0.25, 0.3) is 0 Å². The van der Waals surface area contributed by atoms with E-state index in [-0.39, 0.29) is 30.1 Å². The zero-order chi connectivity index (χ0) is 20.0. The van der Waals surface area contributed by atoms with E-state index in [2.05, 4.69) is 11.8 Å². The Balaban J connectivity index is 2.20. The molecule has 1 saturated carbocycles. The highest BCUT2D eigenvalue weighted by molar-refractivity contribution is 7.89. The molecule has 0 aliphatic heterocycles. The third-order valence-corrected chi connectivity index (χ3v) is 6.52. The van der Waals surface area contributed by atoms with Crippen LogP contribution in [0.1, 0.15) is 32.6 Å². The Hall–Kier alpha value is -2.37. The van der Waals surface area contributed by atoms with Crippen LogP contribution in [-0.2, 0) is 19.6 Å². The molecule has 0 unspecified atom stereocenters. The number of aliphatic carboxylic acids is 1. The molecule has 1 aliphatic rings. The van der Waals surface area contributed by atoms with Gasteiger partial charge in [0, 0.05) is 19.9 Å². The van der Waals surface area contributed by atoms with Crippen LogP contribution in [0.15, 0.2) is 29.2 Å². The first kappa shape index (κ1) is 20.9. The van der Waals surface area contributed by atoms with Gasteiger partial charge in [0.2, 0.25) is 10.0 Å². The molecule has 0 heterocycles. The lowest BCUT2D eigenvalue weighted by Crippen LogP contribution is -2.48. The van der Waals surface area contributed by atoms with Gasteiger partial charge in [0.15, 0.2) is 0 Å². The molecule has 1 aromatic carbocycles. The SMILES string of the molecule is CC#CCOc1ccc(S(=O)(=O)N(C)[C@@H](C(=O)O)C2CCC(=O)CC2)cc1. The second kappa shape index (κ2) is 9.02. The number of likely N-dealkylation sites (N-methyl/N-ethyl adjacent to an activating group) is 1. The third kappa shape index (κ3) is 5.08. The summed E-state index contributed by atoms with van der Waals surface area (Å²) < 4.78 is 32.0. The quantitative estimate of drug-likeness (QED) is 0.711. The summed E-state index contributed by atoms with van der Waals surface area (Å²) in [4.78, 5) is 23.2. The van der Waals surface area contributed by atoms with Crippen LogP contribution in [0, 0.1) is 17.8 Å². The number of benzene rings is 1. The summed E-state index contributed by atoms with van der Waals surface area (Å²) in [6, 6.07) is 4.56. The number of Topliss-reactive ketones (excluding diaryl/α,β-unsaturated/α-hetero) is 1. The Morgan fingerprint density at radius 1 is 1.30 bits per heavy atom. The van der Waals surface area contributed by atoms with E-state index in [1.807, 2.05) is 0 Å². The number of hydrogen-bond donors (Lipinski definition) is 1. The fourth-order valence-corrected chi connectivity index (χ4v) is 4.52. The smallest absolute Gasteiger partial charge is 0.322 e. The first-order valence-corrected chi connectivity index (χ1v) is 10.1. The molecule has 0 saturated heterocycles. The number of nitrogens with zero attached hydrogens (tertiary/aromatic N) is 1. The van der Waals surface area contributed by atoms with E-state index in [0.717, 1.165) is 4.31 Å². The molecule has 1 fully saturated rings. The van der Waals surface area contributed by atoms with Gasteiger partial charge in [-0.2, -0.15) is 4.31 Å². The first-order valence-electron chi connectivity index (χ1n) is 8.62. The van der Waals surface area contributed by atoms with Crippen molar-refractivity contribution in [1.82, 2.24) is 4.31 Å². The number of rotatable bonds is 7. The number of sulfonamides is 1. The van der Waals surface area contributed by atoms with Gasteiger partial charge in [0.25, 0.3) is 0 Å². The van der Waals surface area contributed by atoms with Gasteiger partial charge in [-0.05, 0) is 49.9 Å². The maximum absolute atomic E-state index is 12.9. The van der Waals surface area contributed by atoms with Gasteiger partial charge in [-0.15, -0.1) is 5.92 Å². The highest BCUT2D eigenvalue weighted by atomic mass is 32.2. The van der Waals surface area contributed by atoms with Gasteiger partial charge in [0.1, 0.15) is 24.2 Å². The normalized spacial score (nSPS) is 16.5. The van der Waals surface area contributed by atoms with Crippen molar-refractivity contribution < 1.29 is 27.9 Å². The number of carboxylic acid groups (broad SMARTS) is 1. The number of hydrogen-bond acceptors (Lipinski definition) is 5. The fourth-order valence-electron chi connectivity index (χ4n) is 3.15. The monoisotopic (exact) mass is 393 g/mol. The van der Waals surface area contributed by atoms with Crippen molar-refractivity contribution >= 4 is 21.8 Å². The van der Waals surface area contributed by atoms with Gasteiger partial charge >= 0.3 is 5.97 Å². The van der Waals surface area contributed by atoms with E-state index in [1.54, 1.807) is 6.92 Å². The molecule has 1 atom stereocenters. The second-order valence-corrected chi connectivity index (χ2v) is 8.36. The molecule has 0 spiro atoms. The lowest BCUT2D eigenvalue weighted by molar-refractivity contribution is -0.144. The highest BCUT2D eigenvalue weighted by Crippen LogP contribution is 2.30. The summed E-state index contributed by atoms with van der Waals surface area (Å²) >= 11 is 0. The van der Waals surface area contributed by atoms with Crippen molar-refractivity contribution in [3.8, 4) is 17.6 Å². The van der Waals surface area contributed by atoms with Gasteiger partial charge in [-0.25, -0.2) is 8.42 Å². The van der Waals surface area contributed by atoms with Gasteiger partial charge in [-0.1, -0.05) is 5.92 Å². The van der Waals surface area contributed by atoms with Crippen LogP contribution in [0.3, 0.4) is 0 Å². The number of carbonyl (C=O) groups is 2. The highest BCUT2D eigenvalue weighted by Gasteiger charge is 2.39. The van der Waals surface area contributed by atoms with Crippen molar-refractivity contribution in [3.05, 3.63) is 24.3 Å². The molecule has 0 aromatic heterocycles. The average Bonchev–Trinajstić information content (AvgIpc) is 2.64. The minimum Gasteiger partial charge on any atom is -0.481 e. The Bertz CT molecular complexity index is 840. The van der Waals surface area contributed by atoms with Crippen molar-refractivity contribution in [2.24, 2.45) is 5.92 Å². The molecule has 146 valence electrons. The summed E-state index contributed by atoms with van der Waals surface area (Å²) in [5.74, 6) is 4.39. The molecule has 8 heteroatoms. The molecule has 1 aromatic rings. The zero-order valence-corrected chi connectivity index (χ0v) is 16.2. The van der Waals surface area contributed by atoms with Crippen molar-refractivity contribution in [2.45, 2.75) is 43.5 Å². The molecule has 0 bridgehead atoms. The van der Waals surface area contributed by atoms with Crippen molar-refractivity contribution in [3.63, 3.8) is 0 Å². The topological polar surface area (TPSA) is 101 Å². The lowest BCUT2D eigenvalue weighted by atomic mass is 9.83. The number of ether oxygens (including phenoxy) is 1. The largest absolute Gasteiger partial charge is 0.481 e. The van der Waals surface area contributed by atoms with Crippen LogP contribution in [0.2, 0.25) is 0 Å². The second-order valence-electron chi connectivity index (χ2n) is 6.37. The van der Waals surface area contributed by atoms with Crippen LogP contribution in [0.4, 0.5) is 0 Å². The van der Waals surface area contributed by atoms with Crippen LogP contribution in [0.5, 0.6) is 5.75 Å². The van der Waals surface area contributed by atoms with Gasteiger partial charge < -0.3 is 9.84 Å². The van der Waals surface area contributed by atoms with E-state index >= 15 is 0 Å². The van der Waals surface area contributed by atoms with E-state index in [9.17, 15) is 23.1 Å². The van der Waals surface area contributed by atoms with E-state index in [4.69, 9.17) is 4.74 Å². The van der Waals surface area contributed by atoms with E-state index in [1.165, 1.54) is 31.3 Å². The van der Waals surface area contributed by atoms with E-state index in [0.29, 0.717) is 18.6 Å². The molecular formula is C19H23NO6S. The minimum atomic E-state index is -4.00. The predicted molar refractivity (Wildman–Crippen MR) is 98.7 cm³/mol. The Labute approximate surface area is 159 Å². The maximum atomic E-state index is 12.9. The van der Waals surface area contributed by atoms with Crippen molar-refractivity contribution in [2.75, 3.05) is 13.7 Å². The summed E-state index contributed by atoms with van der Waals surface area (Å²) in [6.07, 6.45) is 1.33. The predicted octanol–water partition coefficient (Wildman–Crippen LogP) is 1.92.